The van der Waals surface area contributed by atoms with Crippen molar-refractivity contribution in [2.75, 3.05) is 5.75 Å². The van der Waals surface area contributed by atoms with E-state index >= 15 is 0 Å². The third-order valence-electron chi connectivity index (χ3n) is 11.0. The highest BCUT2D eigenvalue weighted by atomic mass is 32.2. The number of rotatable bonds is 3. The molecule has 4 saturated carbocycles. The smallest absolute Gasteiger partial charge is 0.178 e. The van der Waals surface area contributed by atoms with Gasteiger partial charge in [0.2, 0.25) is 0 Å². The van der Waals surface area contributed by atoms with E-state index in [4.69, 9.17) is 0 Å². The van der Waals surface area contributed by atoms with E-state index in [1.807, 2.05) is 18.2 Å². The predicted molar refractivity (Wildman–Crippen MR) is 134 cm³/mol. The van der Waals surface area contributed by atoms with Gasteiger partial charge in [-0.15, -0.1) is 0 Å². The third-order valence-corrected chi connectivity index (χ3v) is 13.0. The first-order valence-electron chi connectivity index (χ1n) is 13.9. The highest BCUT2D eigenvalue weighted by Crippen LogP contribution is 2.63. The summed E-state index contributed by atoms with van der Waals surface area (Å²) in [6.07, 6.45) is 17.0. The fourth-order valence-corrected chi connectivity index (χ4v) is 11.7. The largest absolute Gasteiger partial charge is 0.224 e. The summed E-state index contributed by atoms with van der Waals surface area (Å²) >= 11 is 0. The Balaban J connectivity index is 1.26. The van der Waals surface area contributed by atoms with E-state index in [-0.39, 0.29) is 5.41 Å². The minimum absolute atomic E-state index is 0.0170. The average Bonchev–Trinajstić information content (AvgIpc) is 2.87. The first-order valence-corrected chi connectivity index (χ1v) is 15.5. The summed E-state index contributed by atoms with van der Waals surface area (Å²) in [7, 11) is -3.26. The molecule has 0 aromatic heterocycles. The van der Waals surface area contributed by atoms with Gasteiger partial charge in [-0.05, 0) is 123 Å². The van der Waals surface area contributed by atoms with E-state index in [0.717, 1.165) is 48.5 Å². The van der Waals surface area contributed by atoms with E-state index in [1.54, 1.807) is 12.1 Å². The number of fused-ring (bicyclic) bond motifs is 7. The maximum atomic E-state index is 13.5. The van der Waals surface area contributed by atoms with Gasteiger partial charge in [0.25, 0.3) is 0 Å². The summed E-state index contributed by atoms with van der Waals surface area (Å²) in [5, 5.41) is 9.53. The van der Waals surface area contributed by atoms with Gasteiger partial charge in [0.15, 0.2) is 9.84 Å². The molecule has 34 heavy (non-hydrogen) atoms. The lowest BCUT2D eigenvalue weighted by atomic mass is 9.45. The van der Waals surface area contributed by atoms with Gasteiger partial charge in [0.05, 0.1) is 16.7 Å². The van der Waals surface area contributed by atoms with E-state index in [0.29, 0.717) is 28.4 Å². The molecule has 0 radical (unpaired) electrons. The van der Waals surface area contributed by atoms with Crippen molar-refractivity contribution in [2.45, 2.75) is 81.9 Å². The number of nitriles is 1. The average molecular weight is 478 g/mol. The van der Waals surface area contributed by atoms with Crippen LogP contribution in [0.2, 0.25) is 0 Å². The lowest BCUT2D eigenvalue weighted by molar-refractivity contribution is -0.0944. The molecule has 0 amide bonds. The van der Waals surface area contributed by atoms with Gasteiger partial charge in [-0.3, -0.25) is 0 Å². The SMILES string of the molecule is N#CC1=CC2C(CC1)CCC1C2CCC2C1CCC1(CS(=O)(=O)c3ccccc3)CCCCC21. The maximum absolute atomic E-state index is 13.5. The zero-order valence-corrected chi connectivity index (χ0v) is 21.2. The molecule has 0 bridgehead atoms. The minimum atomic E-state index is -3.26. The van der Waals surface area contributed by atoms with E-state index in [2.05, 4.69) is 12.1 Å². The zero-order chi connectivity index (χ0) is 23.3. The first kappa shape index (κ1) is 22.8. The Kier molecular flexibility index (Phi) is 5.92. The lowest BCUT2D eigenvalue weighted by Crippen LogP contribution is -2.54. The van der Waals surface area contributed by atoms with Crippen molar-refractivity contribution < 1.29 is 8.42 Å². The van der Waals surface area contributed by atoms with Crippen LogP contribution in [0, 0.1) is 58.2 Å². The molecule has 8 atom stereocenters. The molecular weight excluding hydrogens is 438 g/mol. The van der Waals surface area contributed by atoms with Crippen LogP contribution in [0.3, 0.4) is 0 Å². The molecular formula is C30H39NO2S. The van der Waals surface area contributed by atoms with Gasteiger partial charge >= 0.3 is 0 Å². The maximum Gasteiger partial charge on any atom is 0.178 e. The second kappa shape index (κ2) is 8.81. The minimum Gasteiger partial charge on any atom is -0.224 e. The number of benzene rings is 1. The standard InChI is InChI=1S/C30H39NO2S/c31-19-21-9-10-22-11-12-24-25(28(22)18-21)13-14-27-26(24)15-17-30(16-5-4-8-29(27)30)20-34(32,33)23-6-2-1-3-7-23/h1-3,6-7,18,22,24-29H,4-5,8-17,20H2. The topological polar surface area (TPSA) is 57.9 Å². The number of nitrogens with zero attached hydrogens (tertiary/aromatic N) is 1. The summed E-state index contributed by atoms with van der Waals surface area (Å²) in [5.41, 5.74) is 1.02. The molecule has 4 heteroatoms. The van der Waals surface area contributed by atoms with Crippen molar-refractivity contribution in [1.29, 1.82) is 5.26 Å². The molecule has 0 saturated heterocycles. The Morgan fingerprint density at radius 1 is 0.853 bits per heavy atom. The van der Waals surface area contributed by atoms with Crippen LogP contribution >= 0.6 is 0 Å². The molecule has 0 heterocycles. The quantitative estimate of drug-likeness (QED) is 0.473. The fraction of sp³-hybridized carbons (Fsp3) is 0.700. The van der Waals surface area contributed by atoms with E-state index in [9.17, 15) is 13.7 Å². The second-order valence-electron chi connectivity index (χ2n) is 12.3. The highest BCUT2D eigenvalue weighted by Gasteiger charge is 2.56. The Bertz CT molecular complexity index is 1090. The number of hydrogen-bond acceptors (Lipinski definition) is 3. The van der Waals surface area contributed by atoms with Crippen molar-refractivity contribution in [1.82, 2.24) is 0 Å². The van der Waals surface area contributed by atoms with E-state index in [1.165, 1.54) is 57.8 Å². The lowest BCUT2D eigenvalue weighted by Gasteiger charge is -2.60. The Morgan fingerprint density at radius 2 is 1.62 bits per heavy atom. The van der Waals surface area contributed by atoms with Crippen molar-refractivity contribution >= 4 is 9.84 Å². The number of allylic oxidation sites excluding steroid dienone is 2. The van der Waals surface area contributed by atoms with Crippen molar-refractivity contribution in [3.05, 3.63) is 42.0 Å². The molecule has 182 valence electrons. The Hall–Kier alpha value is -1.60. The second-order valence-corrected chi connectivity index (χ2v) is 14.3. The summed E-state index contributed by atoms with van der Waals surface area (Å²) in [4.78, 5) is 0.509. The van der Waals surface area contributed by atoms with Gasteiger partial charge in [-0.2, -0.15) is 5.26 Å². The van der Waals surface area contributed by atoms with Gasteiger partial charge in [-0.25, -0.2) is 8.42 Å². The van der Waals surface area contributed by atoms with Gasteiger partial charge in [-0.1, -0.05) is 37.1 Å². The molecule has 0 aliphatic heterocycles. The van der Waals surface area contributed by atoms with Gasteiger partial charge in [0, 0.05) is 5.57 Å². The molecule has 1 aromatic rings. The molecule has 5 aliphatic rings. The first-order chi connectivity index (χ1) is 16.5. The van der Waals surface area contributed by atoms with Gasteiger partial charge in [0.1, 0.15) is 0 Å². The molecule has 0 spiro atoms. The molecule has 5 aliphatic carbocycles. The van der Waals surface area contributed by atoms with Crippen LogP contribution in [0.4, 0.5) is 0 Å². The van der Waals surface area contributed by atoms with Crippen molar-refractivity contribution in [3.8, 4) is 6.07 Å². The van der Waals surface area contributed by atoms with Crippen LogP contribution in [0.5, 0.6) is 0 Å². The number of sulfone groups is 1. The zero-order valence-electron chi connectivity index (χ0n) is 20.4. The Morgan fingerprint density at radius 3 is 2.44 bits per heavy atom. The normalized spacial score (nSPS) is 41.6. The molecule has 4 fully saturated rings. The van der Waals surface area contributed by atoms with Crippen LogP contribution in [0.15, 0.2) is 46.9 Å². The molecule has 0 N–H and O–H groups in total. The van der Waals surface area contributed by atoms with E-state index < -0.39 is 9.84 Å². The van der Waals surface area contributed by atoms with Crippen molar-refractivity contribution in [3.63, 3.8) is 0 Å². The van der Waals surface area contributed by atoms with Gasteiger partial charge < -0.3 is 0 Å². The monoisotopic (exact) mass is 477 g/mol. The van der Waals surface area contributed by atoms with Crippen LogP contribution < -0.4 is 0 Å². The molecule has 6 rings (SSSR count). The van der Waals surface area contributed by atoms with Crippen LogP contribution in [0.1, 0.15) is 77.0 Å². The summed E-state index contributed by atoms with van der Waals surface area (Å²) in [6, 6.07) is 11.7. The van der Waals surface area contributed by atoms with Crippen LogP contribution in [0.25, 0.3) is 0 Å². The highest BCUT2D eigenvalue weighted by molar-refractivity contribution is 7.91. The molecule has 3 nitrogen and oxygen atoms in total. The third kappa shape index (κ3) is 3.78. The van der Waals surface area contributed by atoms with Crippen LogP contribution in [-0.4, -0.2) is 14.2 Å². The predicted octanol–water partition coefficient (Wildman–Crippen LogP) is 6.96. The van der Waals surface area contributed by atoms with Crippen LogP contribution in [-0.2, 0) is 9.84 Å². The van der Waals surface area contributed by atoms with Crippen molar-refractivity contribution in [2.24, 2.45) is 46.8 Å². The molecule has 8 unspecified atom stereocenters. The summed E-state index contributed by atoms with van der Waals surface area (Å²) in [5.74, 6) is 5.38. The summed E-state index contributed by atoms with van der Waals surface area (Å²) in [6.45, 7) is 0. The fourth-order valence-electron chi connectivity index (χ4n) is 9.68. The Labute approximate surface area is 205 Å². The summed E-state index contributed by atoms with van der Waals surface area (Å²) < 4.78 is 27.0. The number of hydrogen-bond donors (Lipinski definition) is 0. The molecule has 1 aromatic carbocycles.